The molecule has 2 aromatic rings. The molecule has 2 aromatic heterocycles. The molecule has 1 aliphatic heterocycles. The van der Waals surface area contributed by atoms with Crippen LogP contribution in [0.15, 0.2) is 24.4 Å². The third kappa shape index (κ3) is 4.57. The Bertz CT molecular complexity index is 875. The van der Waals surface area contributed by atoms with Crippen molar-refractivity contribution in [2.75, 3.05) is 11.9 Å². The number of anilines is 2. The SMILES string of the molecule is C[C@H]1NC(=O)O[C@@H]2CC[C@@H](C2)c2cc(n[nH]2)Nc2ccnc(c2)OCCC1(F)F. The number of carbonyl (C=O) groups excluding carboxylic acids is 1. The van der Waals surface area contributed by atoms with Gasteiger partial charge >= 0.3 is 6.09 Å². The lowest BCUT2D eigenvalue weighted by atomic mass is 10.0. The van der Waals surface area contributed by atoms with Gasteiger partial charge in [0.05, 0.1) is 12.6 Å². The fraction of sp³-hybridized carbons (Fsp3) is 0.526. The first-order chi connectivity index (χ1) is 13.9. The van der Waals surface area contributed by atoms with E-state index in [1.807, 2.05) is 6.07 Å². The fourth-order valence-corrected chi connectivity index (χ4v) is 3.63. The summed E-state index contributed by atoms with van der Waals surface area (Å²) in [6, 6.07) is 3.90. The van der Waals surface area contributed by atoms with Gasteiger partial charge in [0.1, 0.15) is 6.10 Å². The molecular formula is C19H23F2N5O3. The minimum absolute atomic E-state index is 0.157. The number of aromatic nitrogens is 3. The average molecular weight is 407 g/mol. The lowest BCUT2D eigenvalue weighted by Crippen LogP contribution is -2.47. The summed E-state index contributed by atoms with van der Waals surface area (Å²) >= 11 is 0. The van der Waals surface area contributed by atoms with E-state index in [4.69, 9.17) is 9.47 Å². The van der Waals surface area contributed by atoms with Crippen molar-refractivity contribution in [3.8, 4) is 5.88 Å². The minimum Gasteiger partial charge on any atom is -0.477 e. The number of alkyl halides is 2. The topological polar surface area (TPSA) is 101 Å². The molecule has 156 valence electrons. The zero-order valence-corrected chi connectivity index (χ0v) is 16.0. The van der Waals surface area contributed by atoms with E-state index in [0.29, 0.717) is 24.3 Å². The predicted octanol–water partition coefficient (Wildman–Crippen LogP) is 3.72. The number of pyridine rings is 1. The van der Waals surface area contributed by atoms with Crippen molar-refractivity contribution in [3.05, 3.63) is 30.1 Å². The van der Waals surface area contributed by atoms with Crippen molar-refractivity contribution in [1.82, 2.24) is 20.5 Å². The van der Waals surface area contributed by atoms with Crippen molar-refractivity contribution in [2.24, 2.45) is 0 Å². The summed E-state index contributed by atoms with van der Waals surface area (Å²) in [6.45, 7) is 1.01. The molecule has 3 N–H and O–H groups in total. The molecule has 0 spiro atoms. The molecule has 4 rings (SSSR count). The summed E-state index contributed by atoms with van der Waals surface area (Å²) in [5.74, 6) is -2.15. The monoisotopic (exact) mass is 407 g/mol. The van der Waals surface area contributed by atoms with E-state index in [9.17, 15) is 13.6 Å². The first-order valence-electron chi connectivity index (χ1n) is 9.65. The second-order valence-electron chi connectivity index (χ2n) is 7.48. The van der Waals surface area contributed by atoms with Crippen molar-refractivity contribution < 1.29 is 23.0 Å². The van der Waals surface area contributed by atoms with Gasteiger partial charge in [-0.2, -0.15) is 5.10 Å². The highest BCUT2D eigenvalue weighted by molar-refractivity contribution is 5.68. The number of hydrogen-bond acceptors (Lipinski definition) is 6. The second-order valence-corrected chi connectivity index (χ2v) is 7.48. The molecule has 8 nitrogen and oxygen atoms in total. The molecule has 0 unspecified atom stereocenters. The van der Waals surface area contributed by atoms with Gasteiger partial charge in [-0.15, -0.1) is 0 Å². The zero-order chi connectivity index (χ0) is 20.4. The van der Waals surface area contributed by atoms with Gasteiger partial charge in [0.2, 0.25) is 5.88 Å². The summed E-state index contributed by atoms with van der Waals surface area (Å²) in [6.07, 6.45) is 1.93. The Morgan fingerprint density at radius 1 is 1.28 bits per heavy atom. The van der Waals surface area contributed by atoms with Gasteiger partial charge in [-0.05, 0) is 32.3 Å². The first-order valence-corrected chi connectivity index (χ1v) is 9.65. The van der Waals surface area contributed by atoms with Gasteiger partial charge in [-0.3, -0.25) is 5.10 Å². The summed E-state index contributed by atoms with van der Waals surface area (Å²) < 4.78 is 39.5. The maximum Gasteiger partial charge on any atom is 0.407 e. The van der Waals surface area contributed by atoms with E-state index in [1.165, 1.54) is 13.1 Å². The van der Waals surface area contributed by atoms with Crippen LogP contribution in [0.4, 0.5) is 25.1 Å². The standard InChI is InChI=1S/C19H23F2N5O3/c1-11-19(20,21)5-7-28-17-9-13(4-6-22-17)24-16-10-15(25-26-16)12-2-3-14(8-12)29-18(27)23-11/h4,6,9-12,14H,2-3,5,7-8H2,1H3,(H,23,27)(H2,24,25,26)/t11-,12+,14-/m1/s1. The molecule has 3 atom stereocenters. The number of alkyl carbamates (subject to hydrolysis) is 1. The molecule has 1 saturated carbocycles. The molecule has 1 amide bonds. The van der Waals surface area contributed by atoms with Crippen LogP contribution >= 0.6 is 0 Å². The first kappa shape index (κ1) is 19.4. The van der Waals surface area contributed by atoms with Crippen LogP contribution in [0.5, 0.6) is 5.88 Å². The van der Waals surface area contributed by atoms with Crippen LogP contribution in [0.25, 0.3) is 0 Å². The normalized spacial score (nSPS) is 26.9. The Morgan fingerprint density at radius 2 is 2.14 bits per heavy atom. The van der Waals surface area contributed by atoms with Gasteiger partial charge in [0, 0.05) is 42.0 Å². The van der Waals surface area contributed by atoms with E-state index in [-0.39, 0.29) is 24.5 Å². The Kier molecular flexibility index (Phi) is 5.25. The molecule has 6 bridgehead atoms. The van der Waals surface area contributed by atoms with Crippen LogP contribution in [-0.4, -0.2) is 45.9 Å². The van der Waals surface area contributed by atoms with E-state index in [0.717, 1.165) is 12.1 Å². The number of amides is 1. The smallest absolute Gasteiger partial charge is 0.407 e. The molecule has 1 aliphatic carbocycles. The highest BCUT2D eigenvalue weighted by Gasteiger charge is 2.38. The van der Waals surface area contributed by atoms with Gasteiger partial charge < -0.3 is 20.1 Å². The van der Waals surface area contributed by atoms with Crippen molar-refractivity contribution >= 4 is 17.6 Å². The van der Waals surface area contributed by atoms with Crippen LogP contribution < -0.4 is 15.4 Å². The molecule has 0 saturated heterocycles. The second kappa shape index (κ2) is 7.84. The number of nitrogens with one attached hydrogen (secondary N) is 3. The molecule has 29 heavy (non-hydrogen) atoms. The molecule has 3 heterocycles. The fourth-order valence-electron chi connectivity index (χ4n) is 3.63. The van der Waals surface area contributed by atoms with E-state index >= 15 is 0 Å². The highest BCUT2D eigenvalue weighted by atomic mass is 19.3. The minimum atomic E-state index is -3.15. The lowest BCUT2D eigenvalue weighted by molar-refractivity contribution is -0.0485. The van der Waals surface area contributed by atoms with Crippen molar-refractivity contribution in [3.63, 3.8) is 0 Å². The maximum absolute atomic E-state index is 14.4. The summed E-state index contributed by atoms with van der Waals surface area (Å²) in [5.41, 5.74) is 1.62. The molecular weight excluding hydrogens is 384 g/mol. The Hall–Kier alpha value is -2.91. The summed E-state index contributed by atoms with van der Waals surface area (Å²) in [7, 11) is 0. The summed E-state index contributed by atoms with van der Waals surface area (Å²) in [4.78, 5) is 16.1. The number of halogens is 2. The van der Waals surface area contributed by atoms with E-state index in [2.05, 4.69) is 25.8 Å². The Labute approximate surface area is 166 Å². The van der Waals surface area contributed by atoms with Crippen molar-refractivity contribution in [1.29, 1.82) is 0 Å². The molecule has 0 radical (unpaired) electrons. The van der Waals surface area contributed by atoms with Gasteiger partial charge in [0.15, 0.2) is 5.82 Å². The van der Waals surface area contributed by atoms with Crippen LogP contribution in [0.1, 0.15) is 44.2 Å². The zero-order valence-electron chi connectivity index (χ0n) is 16.0. The average Bonchev–Trinajstić information content (AvgIpc) is 3.30. The van der Waals surface area contributed by atoms with Crippen LogP contribution in [0, 0.1) is 0 Å². The number of H-pyrrole nitrogens is 1. The van der Waals surface area contributed by atoms with Crippen LogP contribution in [-0.2, 0) is 4.74 Å². The summed E-state index contributed by atoms with van der Waals surface area (Å²) in [5, 5.41) is 12.7. The van der Waals surface area contributed by atoms with E-state index in [1.54, 1.807) is 12.1 Å². The van der Waals surface area contributed by atoms with E-state index < -0.39 is 24.5 Å². The number of fused-ring (bicyclic) bond motifs is 7. The molecule has 0 aromatic carbocycles. The maximum atomic E-state index is 14.4. The molecule has 1 fully saturated rings. The third-order valence-electron chi connectivity index (χ3n) is 5.36. The molecule has 2 aliphatic rings. The third-order valence-corrected chi connectivity index (χ3v) is 5.36. The van der Waals surface area contributed by atoms with Crippen molar-refractivity contribution in [2.45, 2.75) is 56.6 Å². The van der Waals surface area contributed by atoms with Crippen LogP contribution in [0.3, 0.4) is 0 Å². The predicted molar refractivity (Wildman–Crippen MR) is 101 cm³/mol. The number of aromatic amines is 1. The van der Waals surface area contributed by atoms with Gasteiger partial charge in [-0.1, -0.05) is 0 Å². The number of rotatable bonds is 0. The number of carbonyl (C=O) groups is 1. The lowest BCUT2D eigenvalue weighted by Gasteiger charge is -2.25. The number of ether oxygens (including phenoxy) is 2. The van der Waals surface area contributed by atoms with Crippen LogP contribution in [0.2, 0.25) is 0 Å². The van der Waals surface area contributed by atoms with Gasteiger partial charge in [-0.25, -0.2) is 18.6 Å². The molecule has 10 heteroatoms. The highest BCUT2D eigenvalue weighted by Crippen LogP contribution is 2.36. The largest absolute Gasteiger partial charge is 0.477 e. The Morgan fingerprint density at radius 3 is 3.00 bits per heavy atom. The van der Waals surface area contributed by atoms with Gasteiger partial charge in [0.25, 0.3) is 5.92 Å². The quantitative estimate of drug-likeness (QED) is 0.615. The number of nitrogens with zero attached hydrogens (tertiary/aromatic N) is 2. The number of hydrogen-bond donors (Lipinski definition) is 3. The Balaban J connectivity index is 1.56.